The van der Waals surface area contributed by atoms with Gasteiger partial charge in [-0.15, -0.1) is 12.4 Å². The molecular weight excluding hydrogens is 400 g/mol. The number of fused-ring (bicyclic) bond motifs is 1. The molecule has 1 heterocycles. The zero-order chi connectivity index (χ0) is 20.6. The van der Waals surface area contributed by atoms with E-state index in [1.807, 2.05) is 54.3 Å². The Hall–Kier alpha value is -2.37. The van der Waals surface area contributed by atoms with Crippen LogP contribution in [-0.4, -0.2) is 42.0 Å². The minimum Gasteiger partial charge on any atom is -0.465 e. The molecule has 0 fully saturated rings. The first kappa shape index (κ1) is 23.9. The summed E-state index contributed by atoms with van der Waals surface area (Å²) in [7, 11) is 0. The van der Waals surface area contributed by atoms with Crippen molar-refractivity contribution in [2.24, 2.45) is 0 Å². The number of carbonyl (C=O) groups excluding carboxylic acids is 2. The molecule has 5 nitrogen and oxygen atoms in total. The maximum Gasteiger partial charge on any atom is 0.323 e. The van der Waals surface area contributed by atoms with Crippen molar-refractivity contribution in [3.05, 3.63) is 71.3 Å². The fraction of sp³-hybridized carbons (Fsp3) is 0.417. The zero-order valence-corrected chi connectivity index (χ0v) is 18.5. The summed E-state index contributed by atoms with van der Waals surface area (Å²) in [5.74, 6) is -0.277. The topological polar surface area (TPSA) is 58.6 Å². The number of amides is 1. The van der Waals surface area contributed by atoms with E-state index in [0.717, 1.165) is 18.4 Å². The van der Waals surface area contributed by atoms with Gasteiger partial charge in [-0.3, -0.25) is 14.9 Å². The van der Waals surface area contributed by atoms with Gasteiger partial charge >= 0.3 is 5.97 Å². The van der Waals surface area contributed by atoms with E-state index in [2.05, 4.69) is 17.4 Å². The highest BCUT2D eigenvalue weighted by Crippen LogP contribution is 2.19. The van der Waals surface area contributed by atoms with Crippen LogP contribution in [0.5, 0.6) is 0 Å². The van der Waals surface area contributed by atoms with Crippen LogP contribution in [-0.2, 0) is 33.7 Å². The number of halogens is 1. The Balaban J connectivity index is 0.00000320. The molecule has 0 aliphatic carbocycles. The van der Waals surface area contributed by atoms with Crippen LogP contribution < -0.4 is 5.32 Å². The standard InChI is InChI=1S/C24H30N2O3.ClH/c1-3-29-24(28)22(14-13-19-9-5-4-6-10-19)25-18(2)23(27)26-16-15-20-11-7-8-12-21(20)17-26;/h4-12,18,22,25H,3,13-17H2,1-2H3;1H/t18-,22-;/m0./s1. The molecule has 2 aromatic carbocycles. The average molecular weight is 431 g/mol. The van der Waals surface area contributed by atoms with Gasteiger partial charge < -0.3 is 9.64 Å². The number of nitrogens with zero attached hydrogens (tertiary/aromatic N) is 1. The van der Waals surface area contributed by atoms with Crippen LogP contribution in [0.25, 0.3) is 0 Å². The molecule has 2 atom stereocenters. The summed E-state index contributed by atoms with van der Waals surface area (Å²) in [5.41, 5.74) is 3.67. The molecule has 30 heavy (non-hydrogen) atoms. The van der Waals surface area contributed by atoms with Gasteiger partial charge in [0.25, 0.3) is 0 Å². The predicted octanol–water partition coefficient (Wildman–Crippen LogP) is 3.54. The third kappa shape index (κ3) is 6.31. The summed E-state index contributed by atoms with van der Waals surface area (Å²) in [5, 5.41) is 3.23. The number of nitrogens with one attached hydrogen (secondary N) is 1. The highest BCUT2D eigenvalue weighted by atomic mass is 35.5. The van der Waals surface area contributed by atoms with Crippen LogP contribution in [0.2, 0.25) is 0 Å². The third-order valence-electron chi connectivity index (χ3n) is 5.40. The van der Waals surface area contributed by atoms with Crippen LogP contribution in [0.15, 0.2) is 54.6 Å². The second-order valence-corrected chi connectivity index (χ2v) is 7.50. The molecule has 3 rings (SSSR count). The second kappa shape index (κ2) is 11.7. The Morgan fingerprint density at radius 3 is 2.43 bits per heavy atom. The monoisotopic (exact) mass is 430 g/mol. The lowest BCUT2D eigenvalue weighted by Crippen LogP contribution is -2.52. The first-order chi connectivity index (χ1) is 14.1. The van der Waals surface area contributed by atoms with Crippen molar-refractivity contribution < 1.29 is 14.3 Å². The lowest BCUT2D eigenvalue weighted by Gasteiger charge is -2.32. The third-order valence-corrected chi connectivity index (χ3v) is 5.40. The van der Waals surface area contributed by atoms with Crippen molar-refractivity contribution in [2.75, 3.05) is 13.2 Å². The largest absolute Gasteiger partial charge is 0.465 e. The molecule has 0 aromatic heterocycles. The molecule has 1 amide bonds. The van der Waals surface area contributed by atoms with E-state index < -0.39 is 12.1 Å². The summed E-state index contributed by atoms with van der Waals surface area (Å²) in [4.78, 5) is 27.3. The van der Waals surface area contributed by atoms with Crippen molar-refractivity contribution in [1.29, 1.82) is 0 Å². The molecule has 0 bridgehead atoms. The summed E-state index contributed by atoms with van der Waals surface area (Å²) < 4.78 is 5.24. The zero-order valence-electron chi connectivity index (χ0n) is 17.7. The average Bonchev–Trinajstić information content (AvgIpc) is 2.76. The Bertz CT molecular complexity index is 828. The maximum absolute atomic E-state index is 13.0. The van der Waals surface area contributed by atoms with Crippen molar-refractivity contribution in [3.63, 3.8) is 0 Å². The molecular formula is C24H31ClN2O3. The lowest BCUT2D eigenvalue weighted by molar-refractivity contribution is -0.146. The molecule has 162 valence electrons. The van der Waals surface area contributed by atoms with Gasteiger partial charge in [-0.1, -0.05) is 54.6 Å². The van der Waals surface area contributed by atoms with Gasteiger partial charge in [0.1, 0.15) is 6.04 Å². The van der Waals surface area contributed by atoms with Gasteiger partial charge in [-0.25, -0.2) is 0 Å². The summed E-state index contributed by atoms with van der Waals surface area (Å²) in [6.07, 6.45) is 2.20. The van der Waals surface area contributed by atoms with Crippen molar-refractivity contribution in [3.8, 4) is 0 Å². The predicted molar refractivity (Wildman–Crippen MR) is 121 cm³/mol. The molecule has 0 saturated carbocycles. The fourth-order valence-electron chi connectivity index (χ4n) is 3.80. The molecule has 0 spiro atoms. The molecule has 0 radical (unpaired) electrons. The maximum atomic E-state index is 13.0. The number of hydrogen-bond donors (Lipinski definition) is 1. The Morgan fingerprint density at radius 1 is 1.07 bits per heavy atom. The summed E-state index contributed by atoms with van der Waals surface area (Å²) in [6.45, 7) is 5.28. The van der Waals surface area contributed by atoms with Crippen LogP contribution in [0.1, 0.15) is 37.0 Å². The van der Waals surface area contributed by atoms with Crippen LogP contribution >= 0.6 is 12.4 Å². The smallest absolute Gasteiger partial charge is 0.323 e. The molecule has 1 N–H and O–H groups in total. The normalized spacial score (nSPS) is 14.8. The SMILES string of the molecule is CCOC(=O)[C@H](CCc1ccccc1)N[C@@H](C)C(=O)N1CCc2ccccc2C1.Cl. The van der Waals surface area contributed by atoms with Gasteiger partial charge in [-0.2, -0.15) is 0 Å². The van der Waals surface area contributed by atoms with Crippen molar-refractivity contribution >= 4 is 24.3 Å². The molecule has 0 unspecified atom stereocenters. The first-order valence-corrected chi connectivity index (χ1v) is 10.4. The van der Waals surface area contributed by atoms with E-state index in [-0.39, 0.29) is 24.3 Å². The van der Waals surface area contributed by atoms with E-state index in [1.54, 1.807) is 6.92 Å². The van der Waals surface area contributed by atoms with E-state index in [0.29, 0.717) is 26.1 Å². The van der Waals surface area contributed by atoms with Gasteiger partial charge in [-0.05, 0) is 49.8 Å². The van der Waals surface area contributed by atoms with E-state index in [9.17, 15) is 9.59 Å². The van der Waals surface area contributed by atoms with Crippen LogP contribution in [0.3, 0.4) is 0 Å². The Morgan fingerprint density at radius 2 is 1.73 bits per heavy atom. The van der Waals surface area contributed by atoms with E-state index in [4.69, 9.17) is 4.74 Å². The number of carbonyl (C=O) groups is 2. The minimum atomic E-state index is -0.508. The highest BCUT2D eigenvalue weighted by molar-refractivity contribution is 5.85. The van der Waals surface area contributed by atoms with Gasteiger partial charge in [0.15, 0.2) is 0 Å². The van der Waals surface area contributed by atoms with E-state index in [1.165, 1.54) is 11.1 Å². The van der Waals surface area contributed by atoms with Crippen molar-refractivity contribution in [1.82, 2.24) is 10.2 Å². The van der Waals surface area contributed by atoms with Gasteiger partial charge in [0.2, 0.25) is 5.91 Å². The van der Waals surface area contributed by atoms with Crippen LogP contribution in [0.4, 0.5) is 0 Å². The Kier molecular flexibility index (Phi) is 9.34. The van der Waals surface area contributed by atoms with Gasteiger partial charge in [0, 0.05) is 13.1 Å². The number of aryl methyl sites for hydroxylation is 1. The number of ether oxygens (including phenoxy) is 1. The van der Waals surface area contributed by atoms with E-state index >= 15 is 0 Å². The van der Waals surface area contributed by atoms with Gasteiger partial charge in [0.05, 0.1) is 12.6 Å². The second-order valence-electron chi connectivity index (χ2n) is 7.50. The number of hydrogen-bond acceptors (Lipinski definition) is 4. The molecule has 1 aliphatic rings. The van der Waals surface area contributed by atoms with Crippen LogP contribution in [0, 0.1) is 0 Å². The quantitative estimate of drug-likeness (QED) is 0.651. The number of esters is 1. The highest BCUT2D eigenvalue weighted by Gasteiger charge is 2.28. The minimum absolute atomic E-state index is 0. The molecule has 0 saturated heterocycles. The number of benzene rings is 2. The molecule has 1 aliphatic heterocycles. The van der Waals surface area contributed by atoms with Crippen molar-refractivity contribution in [2.45, 2.75) is 51.7 Å². The number of rotatable bonds is 8. The molecule has 2 aromatic rings. The molecule has 6 heteroatoms. The summed E-state index contributed by atoms with van der Waals surface area (Å²) >= 11 is 0. The summed E-state index contributed by atoms with van der Waals surface area (Å²) in [6, 6.07) is 17.3. The fourth-order valence-corrected chi connectivity index (χ4v) is 3.80. The lowest BCUT2D eigenvalue weighted by atomic mass is 9.99. The first-order valence-electron chi connectivity index (χ1n) is 10.4. The Labute approximate surface area is 185 Å².